The van der Waals surface area contributed by atoms with Gasteiger partial charge in [0.25, 0.3) is 0 Å². The Morgan fingerprint density at radius 2 is 1.84 bits per heavy atom. The number of benzene rings is 2. The highest BCUT2D eigenvalue weighted by molar-refractivity contribution is 6.02. The average molecular weight is 443 g/mol. The molecule has 0 saturated carbocycles. The molecule has 0 saturated heterocycles. The number of ether oxygens (including phenoxy) is 1. The van der Waals surface area contributed by atoms with Gasteiger partial charge in [-0.3, -0.25) is 4.79 Å². The molecular weight excluding hydrogens is 412 g/mol. The van der Waals surface area contributed by atoms with E-state index >= 15 is 0 Å². The van der Waals surface area contributed by atoms with E-state index in [1.807, 2.05) is 13.8 Å². The quantitative estimate of drug-likeness (QED) is 0.395. The van der Waals surface area contributed by atoms with Gasteiger partial charge in [0.05, 0.1) is 12.0 Å². The van der Waals surface area contributed by atoms with E-state index in [2.05, 4.69) is 6.08 Å². The number of carbonyl (C=O) groups excluding carboxylic acids is 1. The van der Waals surface area contributed by atoms with Gasteiger partial charge < -0.3 is 30.3 Å². The molecule has 0 spiro atoms. The van der Waals surface area contributed by atoms with Gasteiger partial charge >= 0.3 is 0 Å². The molecular formula is C25H30O7. The zero-order chi connectivity index (χ0) is 23.6. The average Bonchev–Trinajstić information content (AvgIpc) is 2.66. The Kier molecular flexibility index (Phi) is 6.69. The highest BCUT2D eigenvalue weighted by atomic mass is 16.5. The van der Waals surface area contributed by atoms with Crippen molar-refractivity contribution < 1.29 is 35.1 Å². The Bertz CT molecular complexity index is 1050. The van der Waals surface area contributed by atoms with Crippen molar-refractivity contribution in [3.8, 4) is 28.7 Å². The zero-order valence-corrected chi connectivity index (χ0v) is 18.6. The third kappa shape index (κ3) is 5.16. The number of aromatic hydroxyl groups is 4. The summed E-state index contributed by atoms with van der Waals surface area (Å²) in [5.41, 5.74) is 0.764. The van der Waals surface area contributed by atoms with Crippen LogP contribution in [-0.4, -0.2) is 36.9 Å². The summed E-state index contributed by atoms with van der Waals surface area (Å²) in [4.78, 5) is 12.6. The van der Waals surface area contributed by atoms with Crippen molar-refractivity contribution in [1.29, 1.82) is 0 Å². The molecule has 2 unspecified atom stereocenters. The number of Topliss-reactive ketones (excluding diaryl/α,β-unsaturated/α-hetero) is 1. The first-order valence-electron chi connectivity index (χ1n) is 10.6. The summed E-state index contributed by atoms with van der Waals surface area (Å²) in [5, 5.41) is 51.6. The molecule has 0 fully saturated rings. The van der Waals surface area contributed by atoms with Crippen LogP contribution in [0.2, 0.25) is 0 Å². The fourth-order valence-electron chi connectivity index (χ4n) is 3.94. The topological polar surface area (TPSA) is 127 Å². The zero-order valence-electron chi connectivity index (χ0n) is 18.6. The molecule has 2 aromatic rings. The van der Waals surface area contributed by atoms with Crippen LogP contribution in [0.5, 0.6) is 28.7 Å². The molecule has 3 rings (SSSR count). The number of rotatable bonds is 7. The van der Waals surface area contributed by atoms with Crippen molar-refractivity contribution in [3.05, 3.63) is 52.6 Å². The van der Waals surface area contributed by atoms with Gasteiger partial charge in [0, 0.05) is 23.3 Å². The molecule has 7 heteroatoms. The lowest BCUT2D eigenvalue weighted by Gasteiger charge is -2.28. The van der Waals surface area contributed by atoms with E-state index in [9.17, 15) is 30.3 Å². The largest absolute Gasteiger partial charge is 0.508 e. The second-order valence-electron chi connectivity index (χ2n) is 8.89. The molecule has 2 atom stereocenters. The fourth-order valence-corrected chi connectivity index (χ4v) is 3.94. The first kappa shape index (κ1) is 23.5. The molecule has 1 aliphatic rings. The maximum absolute atomic E-state index is 12.6. The Morgan fingerprint density at radius 1 is 1.12 bits per heavy atom. The predicted molar refractivity (Wildman–Crippen MR) is 119 cm³/mol. The second kappa shape index (κ2) is 9.12. The van der Waals surface area contributed by atoms with Gasteiger partial charge in [-0.25, -0.2) is 0 Å². The van der Waals surface area contributed by atoms with Crippen LogP contribution in [-0.2, 0) is 6.42 Å². The summed E-state index contributed by atoms with van der Waals surface area (Å²) in [7, 11) is 0. The molecule has 7 nitrogen and oxygen atoms in total. The number of aliphatic hydroxyl groups is 1. The van der Waals surface area contributed by atoms with Gasteiger partial charge in [-0.2, -0.15) is 0 Å². The van der Waals surface area contributed by atoms with Crippen LogP contribution < -0.4 is 4.74 Å². The summed E-state index contributed by atoms with van der Waals surface area (Å²) in [6.07, 6.45) is 2.90. The molecule has 0 amide bonds. The van der Waals surface area contributed by atoms with Crippen LogP contribution in [0.3, 0.4) is 0 Å². The van der Waals surface area contributed by atoms with Crippen LogP contribution >= 0.6 is 0 Å². The van der Waals surface area contributed by atoms with Crippen LogP contribution in [0.25, 0.3) is 0 Å². The molecule has 32 heavy (non-hydrogen) atoms. The minimum absolute atomic E-state index is 0.00930. The summed E-state index contributed by atoms with van der Waals surface area (Å²) < 4.78 is 5.81. The van der Waals surface area contributed by atoms with Gasteiger partial charge in [-0.1, -0.05) is 11.6 Å². The van der Waals surface area contributed by atoms with E-state index in [0.29, 0.717) is 18.4 Å². The summed E-state index contributed by atoms with van der Waals surface area (Å²) in [6.45, 7) is 5.72. The standard InChI is InChI=1S/C25H30O7/c1-14(2)5-4-9-25(3,31)10-8-16-18(27)7-6-17(24(16)30)21-13-20(29)23-19(28)11-15(26)12-22(23)32-21/h5-7,11-12,21,26-28,30-31H,4,8-10,13H2,1-3H3. The van der Waals surface area contributed by atoms with Gasteiger partial charge in [-0.15, -0.1) is 0 Å². The van der Waals surface area contributed by atoms with E-state index in [4.69, 9.17) is 4.74 Å². The third-order valence-electron chi connectivity index (χ3n) is 5.77. The third-order valence-corrected chi connectivity index (χ3v) is 5.77. The van der Waals surface area contributed by atoms with E-state index in [1.165, 1.54) is 23.8 Å². The number of fused-ring (bicyclic) bond motifs is 1. The highest BCUT2D eigenvalue weighted by Crippen LogP contribution is 2.45. The molecule has 5 N–H and O–H groups in total. The van der Waals surface area contributed by atoms with Crippen molar-refractivity contribution in [2.24, 2.45) is 0 Å². The van der Waals surface area contributed by atoms with Crippen molar-refractivity contribution in [3.63, 3.8) is 0 Å². The van der Waals surface area contributed by atoms with E-state index in [-0.39, 0.29) is 58.5 Å². The van der Waals surface area contributed by atoms with E-state index in [1.54, 1.807) is 6.92 Å². The first-order valence-corrected chi connectivity index (χ1v) is 10.6. The maximum atomic E-state index is 12.6. The van der Waals surface area contributed by atoms with Crippen LogP contribution in [0.1, 0.15) is 74.0 Å². The van der Waals surface area contributed by atoms with Crippen molar-refractivity contribution >= 4 is 5.78 Å². The number of ketones is 1. The SMILES string of the molecule is CC(C)=CCCC(C)(O)CCc1c(O)ccc(C2CC(=O)c3c(O)cc(O)cc3O2)c1O. The molecule has 1 aliphatic heterocycles. The highest BCUT2D eigenvalue weighted by Gasteiger charge is 2.33. The predicted octanol–water partition coefficient (Wildman–Crippen LogP) is 4.65. The maximum Gasteiger partial charge on any atom is 0.174 e. The summed E-state index contributed by atoms with van der Waals surface area (Å²) in [6, 6.07) is 5.21. The molecule has 0 bridgehead atoms. The van der Waals surface area contributed by atoms with E-state index in [0.717, 1.165) is 12.5 Å². The van der Waals surface area contributed by atoms with Gasteiger partial charge in [0.15, 0.2) is 5.78 Å². The lowest BCUT2D eigenvalue weighted by atomic mass is 9.89. The van der Waals surface area contributed by atoms with Crippen LogP contribution in [0.4, 0.5) is 0 Å². The number of phenolic OH excluding ortho intramolecular Hbond substituents is 4. The van der Waals surface area contributed by atoms with Crippen molar-refractivity contribution in [1.82, 2.24) is 0 Å². The van der Waals surface area contributed by atoms with Gasteiger partial charge in [0.2, 0.25) is 0 Å². The van der Waals surface area contributed by atoms with Crippen molar-refractivity contribution in [2.45, 2.75) is 64.6 Å². The molecule has 1 heterocycles. The Morgan fingerprint density at radius 3 is 2.53 bits per heavy atom. The molecule has 2 aromatic carbocycles. The first-order chi connectivity index (χ1) is 15.0. The monoisotopic (exact) mass is 442 g/mol. The number of hydrogen-bond donors (Lipinski definition) is 5. The smallest absolute Gasteiger partial charge is 0.174 e. The molecule has 0 aromatic heterocycles. The lowest BCUT2D eigenvalue weighted by Crippen LogP contribution is -2.24. The van der Waals surface area contributed by atoms with Crippen molar-refractivity contribution in [2.75, 3.05) is 0 Å². The van der Waals surface area contributed by atoms with Crippen LogP contribution in [0, 0.1) is 0 Å². The molecule has 172 valence electrons. The van der Waals surface area contributed by atoms with Gasteiger partial charge in [0.1, 0.15) is 40.4 Å². The molecule has 0 aliphatic carbocycles. The lowest BCUT2D eigenvalue weighted by molar-refractivity contribution is 0.0430. The van der Waals surface area contributed by atoms with Gasteiger partial charge in [-0.05, 0) is 58.6 Å². The normalized spacial score (nSPS) is 17.2. The second-order valence-corrected chi connectivity index (χ2v) is 8.89. The van der Waals surface area contributed by atoms with E-state index < -0.39 is 11.7 Å². The number of carbonyl (C=O) groups is 1. The summed E-state index contributed by atoms with van der Waals surface area (Å²) in [5.74, 6) is -1.28. The Balaban J connectivity index is 1.82. The number of allylic oxidation sites excluding steroid dienone is 2. The Labute approximate surface area is 187 Å². The fraction of sp³-hybridized carbons (Fsp3) is 0.400. The minimum atomic E-state index is -0.980. The number of hydrogen-bond acceptors (Lipinski definition) is 7. The molecule has 0 radical (unpaired) electrons. The minimum Gasteiger partial charge on any atom is -0.508 e. The summed E-state index contributed by atoms with van der Waals surface area (Å²) >= 11 is 0. The Hall–Kier alpha value is -3.19. The van der Waals surface area contributed by atoms with Crippen LogP contribution in [0.15, 0.2) is 35.9 Å². The number of phenols is 4.